The fraction of sp³-hybridized carbons (Fsp3) is 0.105. The Balaban J connectivity index is 1.96. The van der Waals surface area contributed by atoms with Crippen LogP contribution in [-0.4, -0.2) is 25.6 Å². The molecule has 1 N–H and O–H groups in total. The molecule has 6 nitrogen and oxygen atoms in total. The molecule has 0 spiro atoms. The summed E-state index contributed by atoms with van der Waals surface area (Å²) in [6, 6.07) is 12.5. The lowest BCUT2D eigenvalue weighted by Crippen LogP contribution is -2.21. The van der Waals surface area contributed by atoms with Gasteiger partial charge < -0.3 is 14.8 Å². The molecule has 2 aromatic rings. The summed E-state index contributed by atoms with van der Waals surface area (Å²) in [5, 5.41) is 11.4. The maximum atomic E-state index is 13.7. The molecule has 0 aliphatic heterocycles. The van der Waals surface area contributed by atoms with E-state index in [2.05, 4.69) is 21.2 Å². The summed E-state index contributed by atoms with van der Waals surface area (Å²) in [7, 11) is 1.52. The van der Waals surface area contributed by atoms with E-state index in [9.17, 15) is 14.0 Å². The number of nitrogens with zero attached hydrogens (tertiary/aromatic N) is 1. The van der Waals surface area contributed by atoms with Crippen LogP contribution in [0.2, 0.25) is 0 Å². The van der Waals surface area contributed by atoms with Gasteiger partial charge in [0.25, 0.3) is 5.91 Å². The Kier molecular flexibility index (Phi) is 7.08. The van der Waals surface area contributed by atoms with Crippen molar-refractivity contribution in [2.75, 3.05) is 19.0 Å². The molecule has 0 saturated carbocycles. The normalized spacial score (nSPS) is 10.7. The van der Waals surface area contributed by atoms with Crippen molar-refractivity contribution in [3.05, 3.63) is 63.9 Å². The maximum absolute atomic E-state index is 13.7. The van der Waals surface area contributed by atoms with Crippen LogP contribution in [0, 0.1) is 17.1 Å². The maximum Gasteiger partial charge on any atom is 0.349 e. The van der Waals surface area contributed by atoms with Crippen LogP contribution in [0.1, 0.15) is 5.56 Å². The van der Waals surface area contributed by atoms with E-state index >= 15 is 0 Å². The Morgan fingerprint density at radius 1 is 1.26 bits per heavy atom. The van der Waals surface area contributed by atoms with Gasteiger partial charge in [0.15, 0.2) is 6.61 Å². The molecule has 27 heavy (non-hydrogen) atoms. The van der Waals surface area contributed by atoms with E-state index in [1.54, 1.807) is 36.4 Å². The molecule has 0 heterocycles. The molecule has 0 saturated heterocycles. The molecule has 138 valence electrons. The Bertz CT molecular complexity index is 920. The van der Waals surface area contributed by atoms with Crippen molar-refractivity contribution in [1.29, 1.82) is 5.26 Å². The standard InChI is InChI=1S/C19H14BrFN2O4/c1-26-15-5-2-12(3-6-15)8-13(10-22)19(25)27-11-18(24)23-17-7-4-14(20)9-16(17)21/h2-9H,11H2,1H3,(H,23,24)/b13-8-. The average molecular weight is 433 g/mol. The first-order valence-electron chi connectivity index (χ1n) is 7.61. The van der Waals surface area contributed by atoms with Crippen LogP contribution in [0.25, 0.3) is 6.08 Å². The first-order chi connectivity index (χ1) is 12.9. The number of nitriles is 1. The molecule has 0 atom stereocenters. The zero-order chi connectivity index (χ0) is 19.8. The SMILES string of the molecule is COc1ccc(/C=C(/C#N)C(=O)OCC(=O)Nc2ccc(Br)cc2F)cc1. The summed E-state index contributed by atoms with van der Waals surface area (Å²) in [6.45, 7) is -0.657. The number of methoxy groups -OCH3 is 1. The number of carbonyl (C=O) groups excluding carboxylic acids is 2. The van der Waals surface area contributed by atoms with Gasteiger partial charge in [0.2, 0.25) is 0 Å². The summed E-state index contributed by atoms with van der Waals surface area (Å²) in [5.74, 6) is -1.70. The van der Waals surface area contributed by atoms with E-state index < -0.39 is 24.3 Å². The van der Waals surface area contributed by atoms with Gasteiger partial charge >= 0.3 is 5.97 Å². The molecule has 0 unspecified atom stereocenters. The first kappa shape index (κ1) is 20.1. The molecular formula is C19H14BrFN2O4. The molecule has 2 aromatic carbocycles. The highest BCUT2D eigenvalue weighted by molar-refractivity contribution is 9.10. The van der Waals surface area contributed by atoms with Gasteiger partial charge in [0, 0.05) is 4.47 Å². The van der Waals surface area contributed by atoms with Crippen molar-refractivity contribution in [2.24, 2.45) is 0 Å². The third-order valence-electron chi connectivity index (χ3n) is 3.31. The summed E-state index contributed by atoms with van der Waals surface area (Å²) >= 11 is 3.11. The van der Waals surface area contributed by atoms with E-state index in [0.29, 0.717) is 15.8 Å². The minimum absolute atomic E-state index is 0.0477. The van der Waals surface area contributed by atoms with E-state index in [0.717, 1.165) is 0 Å². The topological polar surface area (TPSA) is 88.4 Å². The van der Waals surface area contributed by atoms with Gasteiger partial charge in [-0.25, -0.2) is 9.18 Å². The minimum atomic E-state index is -0.959. The van der Waals surface area contributed by atoms with Crippen LogP contribution in [0.15, 0.2) is 52.5 Å². The van der Waals surface area contributed by atoms with Crippen molar-refractivity contribution in [2.45, 2.75) is 0 Å². The molecule has 0 aromatic heterocycles. The zero-order valence-electron chi connectivity index (χ0n) is 14.2. The monoisotopic (exact) mass is 432 g/mol. The molecular weight excluding hydrogens is 419 g/mol. The quantitative estimate of drug-likeness (QED) is 0.427. The Labute approximate surface area is 163 Å². The molecule has 0 fully saturated rings. The van der Waals surface area contributed by atoms with Crippen molar-refractivity contribution in [3.8, 4) is 11.8 Å². The fourth-order valence-electron chi connectivity index (χ4n) is 1.99. The average Bonchev–Trinajstić information content (AvgIpc) is 2.67. The number of hydrogen-bond acceptors (Lipinski definition) is 5. The van der Waals surface area contributed by atoms with Crippen LogP contribution in [-0.2, 0) is 14.3 Å². The second-order valence-corrected chi connectivity index (χ2v) is 6.11. The number of ether oxygens (including phenoxy) is 2. The highest BCUT2D eigenvalue weighted by Crippen LogP contribution is 2.19. The zero-order valence-corrected chi connectivity index (χ0v) is 15.7. The number of anilines is 1. The molecule has 0 aliphatic carbocycles. The van der Waals surface area contributed by atoms with Crippen molar-refractivity contribution >= 4 is 39.6 Å². The first-order valence-corrected chi connectivity index (χ1v) is 8.40. The van der Waals surface area contributed by atoms with Crippen molar-refractivity contribution < 1.29 is 23.5 Å². The predicted molar refractivity (Wildman–Crippen MR) is 100 cm³/mol. The highest BCUT2D eigenvalue weighted by atomic mass is 79.9. The lowest BCUT2D eigenvalue weighted by Gasteiger charge is -2.07. The van der Waals surface area contributed by atoms with Gasteiger partial charge in [0.1, 0.15) is 23.2 Å². The number of esters is 1. The Morgan fingerprint density at radius 2 is 1.96 bits per heavy atom. The van der Waals surface area contributed by atoms with E-state index in [4.69, 9.17) is 14.7 Å². The number of carbonyl (C=O) groups is 2. The number of rotatable bonds is 6. The second-order valence-electron chi connectivity index (χ2n) is 5.19. The van der Waals surface area contributed by atoms with Crippen LogP contribution < -0.4 is 10.1 Å². The number of hydrogen-bond donors (Lipinski definition) is 1. The highest BCUT2D eigenvalue weighted by Gasteiger charge is 2.14. The fourth-order valence-corrected chi connectivity index (χ4v) is 2.32. The Hall–Kier alpha value is -3.18. The lowest BCUT2D eigenvalue weighted by molar-refractivity contribution is -0.142. The van der Waals surface area contributed by atoms with Crippen LogP contribution in [0.4, 0.5) is 10.1 Å². The van der Waals surface area contributed by atoms with Crippen LogP contribution in [0.3, 0.4) is 0 Å². The van der Waals surface area contributed by atoms with Crippen LogP contribution in [0.5, 0.6) is 5.75 Å². The smallest absolute Gasteiger partial charge is 0.349 e. The van der Waals surface area contributed by atoms with Crippen molar-refractivity contribution in [1.82, 2.24) is 0 Å². The molecule has 0 radical (unpaired) electrons. The summed E-state index contributed by atoms with van der Waals surface area (Å²) in [4.78, 5) is 23.8. The summed E-state index contributed by atoms with van der Waals surface area (Å²) in [5.41, 5.74) is 0.266. The van der Waals surface area contributed by atoms with Gasteiger partial charge in [-0.05, 0) is 42.0 Å². The van der Waals surface area contributed by atoms with E-state index in [1.165, 1.54) is 25.3 Å². The number of halogens is 2. The summed E-state index contributed by atoms with van der Waals surface area (Å²) in [6.07, 6.45) is 1.33. The Morgan fingerprint density at radius 3 is 2.56 bits per heavy atom. The molecule has 2 rings (SSSR count). The van der Waals surface area contributed by atoms with E-state index in [-0.39, 0.29) is 11.3 Å². The van der Waals surface area contributed by atoms with Crippen molar-refractivity contribution in [3.63, 3.8) is 0 Å². The van der Waals surface area contributed by atoms with Gasteiger partial charge in [-0.1, -0.05) is 28.1 Å². The van der Waals surface area contributed by atoms with Gasteiger partial charge in [-0.15, -0.1) is 0 Å². The third-order valence-corrected chi connectivity index (χ3v) is 3.80. The number of benzene rings is 2. The van der Waals surface area contributed by atoms with Gasteiger partial charge in [-0.2, -0.15) is 5.26 Å². The summed E-state index contributed by atoms with van der Waals surface area (Å²) < 4.78 is 24.0. The molecule has 0 bridgehead atoms. The third kappa shape index (κ3) is 5.94. The molecule has 0 aliphatic rings. The second kappa shape index (κ2) is 9.50. The predicted octanol–water partition coefficient (Wildman–Crippen LogP) is 3.69. The number of nitrogens with one attached hydrogen (secondary N) is 1. The van der Waals surface area contributed by atoms with E-state index in [1.807, 2.05) is 0 Å². The minimum Gasteiger partial charge on any atom is -0.497 e. The molecule has 1 amide bonds. The molecule has 8 heteroatoms. The van der Waals surface area contributed by atoms with Crippen LogP contribution >= 0.6 is 15.9 Å². The largest absolute Gasteiger partial charge is 0.497 e. The van der Waals surface area contributed by atoms with Gasteiger partial charge in [0.05, 0.1) is 12.8 Å². The lowest BCUT2D eigenvalue weighted by atomic mass is 10.1. The number of amides is 1. The van der Waals surface area contributed by atoms with Gasteiger partial charge in [-0.3, -0.25) is 4.79 Å².